The van der Waals surface area contributed by atoms with Gasteiger partial charge in [0.1, 0.15) is 0 Å². The first kappa shape index (κ1) is 13.6. The molecule has 0 aliphatic carbocycles. The number of carbonyl (C=O) groups excluding carboxylic acids is 1. The lowest BCUT2D eigenvalue weighted by atomic mass is 10.2. The number of H-pyrrole nitrogens is 1. The van der Waals surface area contributed by atoms with Crippen molar-refractivity contribution >= 4 is 29.0 Å². The van der Waals surface area contributed by atoms with Crippen LogP contribution in [0.2, 0.25) is 10.0 Å². The lowest BCUT2D eigenvalue weighted by Crippen LogP contribution is -2.32. The largest absolute Gasteiger partial charge is 0.332 e. The maximum Gasteiger partial charge on any atom is 0.332 e. The van der Waals surface area contributed by atoms with Gasteiger partial charge in [-0.25, -0.2) is 4.79 Å². The Labute approximate surface area is 117 Å². The molecule has 1 aromatic carbocycles. The second-order valence-electron chi connectivity index (χ2n) is 3.83. The van der Waals surface area contributed by atoms with Crippen LogP contribution in [0.25, 0.3) is 5.69 Å². The second-order valence-corrected chi connectivity index (χ2v) is 4.64. The number of Topliss-reactive ketones (excluding diaryl/α,β-unsaturated/α-hetero) is 1. The summed E-state index contributed by atoms with van der Waals surface area (Å²) in [5.74, 6) is -0.435. The number of benzene rings is 1. The van der Waals surface area contributed by atoms with Crippen molar-refractivity contribution in [2.24, 2.45) is 0 Å². The Hall–Kier alpha value is -1.85. The van der Waals surface area contributed by atoms with Gasteiger partial charge < -0.3 is 0 Å². The molecule has 0 atom stereocenters. The minimum absolute atomic E-state index is 0.106. The molecule has 2 rings (SSSR count). The number of aromatic amines is 1. The molecule has 1 N–H and O–H groups in total. The van der Waals surface area contributed by atoms with Gasteiger partial charge in [0, 0.05) is 6.20 Å². The van der Waals surface area contributed by atoms with Crippen LogP contribution in [0.3, 0.4) is 0 Å². The maximum atomic E-state index is 11.7. The van der Waals surface area contributed by atoms with Crippen LogP contribution in [0.15, 0.2) is 34.0 Å². The van der Waals surface area contributed by atoms with Crippen molar-refractivity contribution in [3.8, 4) is 5.69 Å². The number of nitrogens with zero attached hydrogens (tertiary/aromatic N) is 1. The van der Waals surface area contributed by atoms with Crippen LogP contribution in [-0.4, -0.2) is 15.3 Å². The molecule has 1 heterocycles. The first-order valence-corrected chi connectivity index (χ1v) is 5.98. The summed E-state index contributed by atoms with van der Waals surface area (Å²) in [6, 6.07) is 4.54. The molecule has 1 aromatic heterocycles. The third-order valence-corrected chi connectivity index (χ3v) is 3.24. The molecule has 7 heteroatoms. The third kappa shape index (κ3) is 2.62. The zero-order valence-electron chi connectivity index (χ0n) is 9.74. The van der Waals surface area contributed by atoms with E-state index in [-0.39, 0.29) is 10.6 Å². The number of nitrogens with one attached hydrogen (secondary N) is 1. The van der Waals surface area contributed by atoms with E-state index in [4.69, 9.17) is 23.2 Å². The van der Waals surface area contributed by atoms with Gasteiger partial charge in [-0.1, -0.05) is 23.2 Å². The number of carbonyl (C=O) groups is 1. The molecule has 0 spiro atoms. The van der Waals surface area contributed by atoms with E-state index in [0.29, 0.717) is 10.7 Å². The number of ketones is 1. The molecule has 0 aliphatic heterocycles. The van der Waals surface area contributed by atoms with Crippen LogP contribution >= 0.6 is 23.2 Å². The third-order valence-electron chi connectivity index (χ3n) is 2.50. The first-order valence-electron chi connectivity index (χ1n) is 5.22. The molecule has 0 fully saturated rings. The van der Waals surface area contributed by atoms with Crippen LogP contribution in [0, 0.1) is 0 Å². The van der Waals surface area contributed by atoms with Crippen molar-refractivity contribution in [3.05, 3.63) is 60.8 Å². The molecule has 2 aromatic rings. The van der Waals surface area contributed by atoms with Gasteiger partial charge in [-0.15, -0.1) is 0 Å². The fourth-order valence-corrected chi connectivity index (χ4v) is 1.84. The summed E-state index contributed by atoms with van der Waals surface area (Å²) in [7, 11) is 0. The molecular weight excluding hydrogens is 291 g/mol. The van der Waals surface area contributed by atoms with E-state index in [0.717, 1.165) is 4.57 Å². The van der Waals surface area contributed by atoms with Crippen LogP contribution in [0.4, 0.5) is 0 Å². The number of aromatic nitrogens is 2. The Morgan fingerprint density at radius 1 is 1.21 bits per heavy atom. The predicted octanol–water partition coefficient (Wildman–Crippen LogP) is 2.04. The number of rotatable bonds is 2. The van der Waals surface area contributed by atoms with Crippen molar-refractivity contribution in [1.82, 2.24) is 9.55 Å². The van der Waals surface area contributed by atoms with Crippen LogP contribution in [0.1, 0.15) is 17.3 Å². The first-order chi connectivity index (χ1) is 8.90. The zero-order chi connectivity index (χ0) is 14.2. The van der Waals surface area contributed by atoms with Crippen molar-refractivity contribution in [2.45, 2.75) is 6.92 Å². The quantitative estimate of drug-likeness (QED) is 0.862. The monoisotopic (exact) mass is 298 g/mol. The summed E-state index contributed by atoms with van der Waals surface area (Å²) in [4.78, 5) is 36.6. The summed E-state index contributed by atoms with van der Waals surface area (Å²) >= 11 is 11.6. The average Bonchev–Trinajstić information content (AvgIpc) is 2.32. The molecule has 19 heavy (non-hydrogen) atoms. The van der Waals surface area contributed by atoms with Crippen LogP contribution in [0.5, 0.6) is 0 Å². The van der Waals surface area contributed by atoms with Crippen LogP contribution in [-0.2, 0) is 0 Å². The highest BCUT2D eigenvalue weighted by molar-refractivity contribution is 6.42. The minimum Gasteiger partial charge on any atom is -0.294 e. The van der Waals surface area contributed by atoms with Gasteiger partial charge in [-0.2, -0.15) is 0 Å². The highest BCUT2D eigenvalue weighted by atomic mass is 35.5. The molecule has 98 valence electrons. The van der Waals surface area contributed by atoms with Crippen molar-refractivity contribution in [1.29, 1.82) is 0 Å². The van der Waals surface area contributed by atoms with Gasteiger partial charge in [-0.3, -0.25) is 19.1 Å². The Kier molecular flexibility index (Phi) is 3.59. The maximum absolute atomic E-state index is 11.7. The van der Waals surface area contributed by atoms with E-state index in [1.165, 1.54) is 25.3 Å². The predicted molar refractivity (Wildman–Crippen MR) is 72.7 cm³/mol. The molecule has 0 saturated heterocycles. The summed E-state index contributed by atoms with van der Waals surface area (Å²) < 4.78 is 1.13. The Bertz CT molecular complexity index is 777. The lowest BCUT2D eigenvalue weighted by Gasteiger charge is -2.07. The van der Waals surface area contributed by atoms with Gasteiger partial charge in [0.25, 0.3) is 5.56 Å². The van der Waals surface area contributed by atoms with E-state index in [1.807, 2.05) is 0 Å². The van der Waals surface area contributed by atoms with E-state index in [9.17, 15) is 14.4 Å². The van der Waals surface area contributed by atoms with Gasteiger partial charge >= 0.3 is 5.69 Å². The topological polar surface area (TPSA) is 71.9 Å². The van der Waals surface area contributed by atoms with Crippen molar-refractivity contribution in [2.75, 3.05) is 0 Å². The molecule has 0 radical (unpaired) electrons. The Balaban J connectivity index is 2.71. The molecule has 0 unspecified atom stereocenters. The lowest BCUT2D eigenvalue weighted by molar-refractivity contribution is 0.101. The van der Waals surface area contributed by atoms with Gasteiger partial charge in [0.05, 0.1) is 21.3 Å². The number of halogens is 2. The minimum atomic E-state index is -0.714. The van der Waals surface area contributed by atoms with Crippen molar-refractivity contribution < 1.29 is 4.79 Å². The number of hydrogen-bond acceptors (Lipinski definition) is 3. The summed E-state index contributed by atoms with van der Waals surface area (Å²) in [5, 5.41) is 0.608. The number of hydrogen-bond donors (Lipinski definition) is 1. The molecule has 0 amide bonds. The van der Waals surface area contributed by atoms with Crippen molar-refractivity contribution in [3.63, 3.8) is 0 Å². The normalized spacial score (nSPS) is 10.5. The average molecular weight is 299 g/mol. The molecule has 0 bridgehead atoms. The molecule has 5 nitrogen and oxygen atoms in total. The smallest absolute Gasteiger partial charge is 0.294 e. The fraction of sp³-hybridized carbons (Fsp3) is 0.0833. The SMILES string of the molecule is CC(=O)c1cn(-c2ccc(Cl)c(Cl)c2)c(=O)[nH]c1=O. The molecule has 0 aliphatic rings. The highest BCUT2D eigenvalue weighted by Crippen LogP contribution is 2.23. The van der Waals surface area contributed by atoms with Gasteiger partial charge in [0.2, 0.25) is 0 Å². The summed E-state index contributed by atoms with van der Waals surface area (Å²) in [6.45, 7) is 1.24. The highest BCUT2D eigenvalue weighted by Gasteiger charge is 2.10. The van der Waals surface area contributed by atoms with E-state index >= 15 is 0 Å². The van der Waals surface area contributed by atoms with E-state index in [2.05, 4.69) is 4.98 Å². The molecule has 0 saturated carbocycles. The van der Waals surface area contributed by atoms with Gasteiger partial charge in [-0.05, 0) is 25.1 Å². The fourth-order valence-electron chi connectivity index (χ4n) is 1.55. The van der Waals surface area contributed by atoms with Gasteiger partial charge in [0.15, 0.2) is 5.78 Å². The molecular formula is C12H8Cl2N2O3. The zero-order valence-corrected chi connectivity index (χ0v) is 11.2. The summed E-state index contributed by atoms with van der Waals surface area (Å²) in [6.07, 6.45) is 1.18. The Morgan fingerprint density at radius 3 is 2.47 bits per heavy atom. The van der Waals surface area contributed by atoms with Crippen LogP contribution < -0.4 is 11.2 Å². The summed E-state index contributed by atoms with van der Waals surface area (Å²) in [5.41, 5.74) is -1.08. The van der Waals surface area contributed by atoms with E-state index < -0.39 is 17.0 Å². The second kappa shape index (κ2) is 5.03. The standard InChI is InChI=1S/C12H8Cl2N2O3/c1-6(17)8-5-16(12(19)15-11(8)18)7-2-3-9(13)10(14)4-7/h2-5H,1H3,(H,15,18,19). The van der Waals surface area contributed by atoms with E-state index in [1.54, 1.807) is 6.07 Å². The Morgan fingerprint density at radius 2 is 1.89 bits per heavy atom.